The maximum Gasteiger partial charge on any atom is 0.263 e. The minimum atomic E-state index is -0.248. The van der Waals surface area contributed by atoms with Crippen molar-refractivity contribution in [3.05, 3.63) is 11.8 Å². The molecule has 1 saturated carbocycles. The highest BCUT2D eigenvalue weighted by molar-refractivity contribution is 5.97. The predicted molar refractivity (Wildman–Crippen MR) is 106 cm³/mol. The number of hydrogen-bond donors (Lipinski definition) is 2. The van der Waals surface area contributed by atoms with Gasteiger partial charge in [-0.3, -0.25) is 4.79 Å². The van der Waals surface area contributed by atoms with Crippen molar-refractivity contribution in [1.29, 1.82) is 5.26 Å². The summed E-state index contributed by atoms with van der Waals surface area (Å²) in [6.07, 6.45) is 15.9. The third-order valence-electron chi connectivity index (χ3n) is 4.87. The first-order valence-electron chi connectivity index (χ1n) is 10.5. The van der Waals surface area contributed by atoms with Gasteiger partial charge in [0, 0.05) is 32.0 Å². The van der Waals surface area contributed by atoms with Crippen molar-refractivity contribution in [2.24, 2.45) is 0 Å². The Morgan fingerprint density at radius 3 is 2.19 bits per heavy atom. The zero-order valence-electron chi connectivity index (χ0n) is 16.5. The number of nitrogens with zero attached hydrogens (tertiary/aromatic N) is 1. The van der Waals surface area contributed by atoms with Gasteiger partial charge in [-0.15, -0.1) is 0 Å². The molecule has 1 aliphatic rings. The topological polar surface area (TPSA) is 74.1 Å². The van der Waals surface area contributed by atoms with Crippen LogP contribution in [0.25, 0.3) is 0 Å². The lowest BCUT2D eigenvalue weighted by Gasteiger charge is -2.19. The highest BCUT2D eigenvalue weighted by atomic mass is 16.5. The van der Waals surface area contributed by atoms with Crippen LogP contribution in [0.5, 0.6) is 0 Å². The third-order valence-corrected chi connectivity index (χ3v) is 4.87. The lowest BCUT2D eigenvalue weighted by atomic mass is 9.98. The van der Waals surface area contributed by atoms with Gasteiger partial charge in [0.25, 0.3) is 5.91 Å². The van der Waals surface area contributed by atoms with E-state index < -0.39 is 0 Å². The molecular formula is C21H37N3O2. The molecule has 0 spiro atoms. The van der Waals surface area contributed by atoms with Gasteiger partial charge in [0.15, 0.2) is 0 Å². The second-order valence-corrected chi connectivity index (χ2v) is 7.10. The van der Waals surface area contributed by atoms with E-state index in [-0.39, 0.29) is 17.5 Å². The van der Waals surface area contributed by atoms with Crippen LogP contribution in [0.4, 0.5) is 0 Å². The van der Waals surface area contributed by atoms with Gasteiger partial charge in [0.2, 0.25) is 0 Å². The van der Waals surface area contributed by atoms with E-state index >= 15 is 0 Å². The number of ether oxygens (including phenoxy) is 1. The van der Waals surface area contributed by atoms with E-state index in [1.54, 1.807) is 0 Å². The van der Waals surface area contributed by atoms with Crippen LogP contribution in [0.15, 0.2) is 11.8 Å². The molecule has 0 saturated heterocycles. The van der Waals surface area contributed by atoms with Crippen LogP contribution >= 0.6 is 0 Å². The fraction of sp³-hybridized carbons (Fsp3) is 0.810. The Labute approximate surface area is 159 Å². The second kappa shape index (κ2) is 15.7. The fourth-order valence-electron chi connectivity index (χ4n) is 3.31. The molecule has 1 fully saturated rings. The van der Waals surface area contributed by atoms with E-state index in [2.05, 4.69) is 10.6 Å². The van der Waals surface area contributed by atoms with E-state index in [9.17, 15) is 10.1 Å². The summed E-state index contributed by atoms with van der Waals surface area (Å²) in [5.41, 5.74) is 0.160. The van der Waals surface area contributed by atoms with Gasteiger partial charge in [-0.05, 0) is 26.2 Å². The van der Waals surface area contributed by atoms with Crippen LogP contribution in [-0.4, -0.2) is 31.7 Å². The zero-order chi connectivity index (χ0) is 18.9. The molecule has 1 rings (SSSR count). The molecule has 0 aromatic rings. The normalized spacial score (nSPS) is 18.2. The second-order valence-electron chi connectivity index (χ2n) is 7.10. The molecule has 0 aromatic heterocycles. The summed E-state index contributed by atoms with van der Waals surface area (Å²) in [6, 6.07) is 2.21. The van der Waals surface area contributed by atoms with Crippen LogP contribution in [0.3, 0.4) is 0 Å². The minimum absolute atomic E-state index is 0.160. The van der Waals surface area contributed by atoms with Crippen LogP contribution in [0.1, 0.15) is 84.0 Å². The van der Waals surface area contributed by atoms with E-state index in [0.29, 0.717) is 19.8 Å². The Morgan fingerprint density at radius 2 is 1.65 bits per heavy atom. The molecule has 5 heteroatoms. The SMILES string of the molecule is CCOCCCN/C=C(/C#N)C(=O)NC1CCCCCCCCCCC1. The number of carbonyl (C=O) groups is 1. The van der Waals surface area contributed by atoms with Gasteiger partial charge in [-0.25, -0.2) is 0 Å². The van der Waals surface area contributed by atoms with Crippen LogP contribution in [-0.2, 0) is 9.53 Å². The van der Waals surface area contributed by atoms with Gasteiger partial charge in [0.05, 0.1) is 0 Å². The van der Waals surface area contributed by atoms with Crippen molar-refractivity contribution < 1.29 is 9.53 Å². The van der Waals surface area contributed by atoms with Gasteiger partial charge >= 0.3 is 0 Å². The molecule has 2 N–H and O–H groups in total. The highest BCUT2D eigenvalue weighted by Gasteiger charge is 2.15. The molecule has 1 amide bonds. The van der Waals surface area contributed by atoms with Gasteiger partial charge in [-0.2, -0.15) is 5.26 Å². The quantitative estimate of drug-likeness (QED) is 0.385. The van der Waals surface area contributed by atoms with Crippen molar-refractivity contribution >= 4 is 5.91 Å². The van der Waals surface area contributed by atoms with Gasteiger partial charge in [0.1, 0.15) is 11.6 Å². The average molecular weight is 364 g/mol. The van der Waals surface area contributed by atoms with Crippen LogP contribution < -0.4 is 10.6 Å². The lowest BCUT2D eigenvalue weighted by molar-refractivity contribution is -0.117. The molecule has 0 aromatic carbocycles. The summed E-state index contributed by atoms with van der Waals surface area (Å²) < 4.78 is 5.27. The number of rotatable bonds is 8. The average Bonchev–Trinajstić information content (AvgIpc) is 2.63. The maximum absolute atomic E-state index is 12.4. The lowest BCUT2D eigenvalue weighted by Crippen LogP contribution is -2.36. The number of hydrogen-bond acceptors (Lipinski definition) is 4. The molecular weight excluding hydrogens is 326 g/mol. The number of carbonyl (C=O) groups excluding carboxylic acids is 1. The van der Waals surface area contributed by atoms with E-state index in [4.69, 9.17) is 4.74 Å². The third kappa shape index (κ3) is 11.1. The summed E-state index contributed by atoms with van der Waals surface area (Å²) in [5, 5.41) is 15.4. The summed E-state index contributed by atoms with van der Waals surface area (Å²) in [4.78, 5) is 12.4. The molecule has 26 heavy (non-hydrogen) atoms. The summed E-state index contributed by atoms with van der Waals surface area (Å²) in [5.74, 6) is -0.248. The molecule has 0 heterocycles. The number of amides is 1. The van der Waals surface area contributed by atoms with Gasteiger partial charge in [-0.1, -0.05) is 57.8 Å². The predicted octanol–water partition coefficient (Wildman–Crippen LogP) is 4.20. The van der Waals surface area contributed by atoms with Crippen molar-refractivity contribution in [2.45, 2.75) is 90.0 Å². The minimum Gasteiger partial charge on any atom is -0.390 e. The standard InChI is InChI=1S/C21H37N3O2/c1-2-26-16-12-15-23-18-19(17-22)21(25)24-20-13-10-8-6-4-3-5-7-9-11-14-20/h18,20,23H,2-16H2,1H3,(H,24,25)/b19-18-. The molecule has 1 aliphatic carbocycles. The Kier molecular flexibility index (Phi) is 13.6. The first-order chi connectivity index (χ1) is 12.8. The fourth-order valence-corrected chi connectivity index (χ4v) is 3.31. The van der Waals surface area contributed by atoms with Crippen molar-refractivity contribution in [3.8, 4) is 6.07 Å². The number of nitrogens with one attached hydrogen (secondary N) is 2. The van der Waals surface area contributed by atoms with E-state index in [1.807, 2.05) is 13.0 Å². The van der Waals surface area contributed by atoms with Crippen molar-refractivity contribution in [2.75, 3.05) is 19.8 Å². The van der Waals surface area contributed by atoms with E-state index in [1.165, 1.54) is 51.1 Å². The summed E-state index contributed by atoms with van der Waals surface area (Å²) in [6.45, 7) is 4.06. The van der Waals surface area contributed by atoms with Crippen LogP contribution in [0, 0.1) is 11.3 Å². The maximum atomic E-state index is 12.4. The first kappa shape index (κ1) is 22.5. The summed E-state index contributed by atoms with van der Waals surface area (Å²) in [7, 11) is 0. The molecule has 0 atom stereocenters. The largest absolute Gasteiger partial charge is 0.390 e. The van der Waals surface area contributed by atoms with E-state index in [0.717, 1.165) is 32.1 Å². The molecule has 0 unspecified atom stereocenters. The Hall–Kier alpha value is -1.54. The van der Waals surface area contributed by atoms with Crippen molar-refractivity contribution in [3.63, 3.8) is 0 Å². The monoisotopic (exact) mass is 363 g/mol. The Balaban J connectivity index is 2.41. The summed E-state index contributed by atoms with van der Waals surface area (Å²) >= 11 is 0. The van der Waals surface area contributed by atoms with Crippen molar-refractivity contribution in [1.82, 2.24) is 10.6 Å². The highest BCUT2D eigenvalue weighted by Crippen LogP contribution is 2.17. The molecule has 5 nitrogen and oxygen atoms in total. The Morgan fingerprint density at radius 1 is 1.08 bits per heavy atom. The molecule has 148 valence electrons. The van der Waals surface area contributed by atoms with Gasteiger partial charge < -0.3 is 15.4 Å². The number of nitriles is 1. The molecule has 0 bridgehead atoms. The van der Waals surface area contributed by atoms with Crippen LogP contribution in [0.2, 0.25) is 0 Å². The zero-order valence-corrected chi connectivity index (χ0v) is 16.5. The Bertz CT molecular complexity index is 431. The smallest absolute Gasteiger partial charge is 0.263 e. The molecule has 0 aliphatic heterocycles. The molecule has 0 radical (unpaired) electrons. The first-order valence-corrected chi connectivity index (χ1v) is 10.5.